The topological polar surface area (TPSA) is 15.3 Å². The minimum absolute atomic E-state index is 0.540. The highest BCUT2D eigenvalue weighted by molar-refractivity contribution is 7.19. The maximum absolute atomic E-state index is 3.33. The Hall–Kier alpha value is -0.900. The first kappa shape index (κ1) is 13.1. The molecule has 0 radical (unpaired) electrons. The lowest BCUT2D eigenvalue weighted by atomic mass is 10.1. The summed E-state index contributed by atoms with van der Waals surface area (Å²) in [6.07, 6.45) is 2.66. The average Bonchev–Trinajstić information content (AvgIpc) is 3.04. The number of nitrogens with one attached hydrogen (secondary N) is 1. The minimum atomic E-state index is 0.540. The van der Waals surface area contributed by atoms with Crippen LogP contribution in [0.3, 0.4) is 0 Å². The van der Waals surface area contributed by atoms with E-state index in [0.29, 0.717) is 12.1 Å². The predicted octanol–water partition coefficient (Wildman–Crippen LogP) is 3.65. The van der Waals surface area contributed by atoms with Crippen LogP contribution < -0.4 is 5.32 Å². The molecule has 2 unspecified atom stereocenters. The van der Waals surface area contributed by atoms with E-state index in [-0.39, 0.29) is 0 Å². The van der Waals surface area contributed by atoms with E-state index in [9.17, 15) is 0 Å². The van der Waals surface area contributed by atoms with Crippen molar-refractivity contribution >= 4 is 21.4 Å². The first-order valence-electron chi connectivity index (χ1n) is 7.18. The second-order valence-corrected chi connectivity index (χ2v) is 6.57. The summed E-state index contributed by atoms with van der Waals surface area (Å²) < 4.78 is 1.41. The SMILES string of the molecule is CNCC1CCCN1C(C)c1cc2ccccc2s1. The lowest BCUT2D eigenvalue weighted by Gasteiger charge is -2.30. The van der Waals surface area contributed by atoms with Crippen LogP contribution in [0.15, 0.2) is 30.3 Å². The number of likely N-dealkylation sites (tertiary alicyclic amines) is 1. The molecule has 1 aliphatic heterocycles. The molecule has 2 atom stereocenters. The number of likely N-dealkylation sites (N-methyl/N-ethyl adjacent to an activating group) is 1. The quantitative estimate of drug-likeness (QED) is 0.915. The Labute approximate surface area is 119 Å². The molecule has 1 aromatic carbocycles. The van der Waals surface area contributed by atoms with Crippen molar-refractivity contribution in [3.63, 3.8) is 0 Å². The summed E-state index contributed by atoms with van der Waals surface area (Å²) in [5.41, 5.74) is 0. The summed E-state index contributed by atoms with van der Waals surface area (Å²) in [5, 5.41) is 4.72. The van der Waals surface area contributed by atoms with Crippen molar-refractivity contribution in [3.8, 4) is 0 Å². The van der Waals surface area contributed by atoms with E-state index in [1.807, 2.05) is 11.3 Å². The zero-order valence-corrected chi connectivity index (χ0v) is 12.5. The summed E-state index contributed by atoms with van der Waals surface area (Å²) in [6, 6.07) is 12.3. The first-order valence-corrected chi connectivity index (χ1v) is 8.00. The maximum Gasteiger partial charge on any atom is 0.0417 e. The van der Waals surface area contributed by atoms with Gasteiger partial charge in [0.05, 0.1) is 0 Å². The van der Waals surface area contributed by atoms with E-state index in [1.165, 1.54) is 34.3 Å². The van der Waals surface area contributed by atoms with E-state index >= 15 is 0 Å². The van der Waals surface area contributed by atoms with E-state index in [1.54, 1.807) is 0 Å². The normalized spacial score (nSPS) is 22.1. The number of nitrogens with zero attached hydrogens (tertiary/aromatic N) is 1. The van der Waals surface area contributed by atoms with Crippen LogP contribution in [0, 0.1) is 0 Å². The second kappa shape index (κ2) is 5.61. The lowest BCUT2D eigenvalue weighted by molar-refractivity contribution is 0.193. The molecule has 0 amide bonds. The summed E-state index contributed by atoms with van der Waals surface area (Å²) in [4.78, 5) is 4.17. The molecule has 0 saturated carbocycles. The predicted molar refractivity (Wildman–Crippen MR) is 83.9 cm³/mol. The van der Waals surface area contributed by atoms with Gasteiger partial charge in [-0.2, -0.15) is 0 Å². The Balaban J connectivity index is 1.84. The van der Waals surface area contributed by atoms with Crippen molar-refractivity contribution in [1.29, 1.82) is 0 Å². The maximum atomic E-state index is 3.33. The van der Waals surface area contributed by atoms with Gasteiger partial charge in [0.25, 0.3) is 0 Å². The van der Waals surface area contributed by atoms with Gasteiger partial charge in [-0.3, -0.25) is 4.90 Å². The van der Waals surface area contributed by atoms with Gasteiger partial charge in [-0.25, -0.2) is 0 Å². The molecular weight excluding hydrogens is 252 g/mol. The number of benzene rings is 1. The minimum Gasteiger partial charge on any atom is -0.318 e. The fraction of sp³-hybridized carbons (Fsp3) is 0.500. The number of hydrogen-bond acceptors (Lipinski definition) is 3. The Kier molecular flexibility index (Phi) is 3.87. The van der Waals surface area contributed by atoms with Gasteiger partial charge in [-0.15, -0.1) is 11.3 Å². The third-order valence-corrected chi connectivity index (χ3v) is 5.50. The highest BCUT2D eigenvalue weighted by atomic mass is 32.1. The molecule has 102 valence electrons. The molecule has 1 saturated heterocycles. The second-order valence-electron chi connectivity index (χ2n) is 5.45. The fourth-order valence-corrected chi connectivity index (χ4v) is 4.33. The molecule has 1 aromatic heterocycles. The fourth-order valence-electron chi connectivity index (χ4n) is 3.19. The summed E-state index contributed by atoms with van der Waals surface area (Å²) in [5.74, 6) is 0. The molecule has 0 bridgehead atoms. The molecule has 19 heavy (non-hydrogen) atoms. The van der Waals surface area contributed by atoms with Crippen molar-refractivity contribution in [1.82, 2.24) is 10.2 Å². The van der Waals surface area contributed by atoms with Gasteiger partial charge in [-0.05, 0) is 50.9 Å². The molecule has 1 fully saturated rings. The smallest absolute Gasteiger partial charge is 0.0417 e. The molecule has 3 heteroatoms. The molecule has 2 heterocycles. The van der Waals surface area contributed by atoms with Crippen LogP contribution in [0.4, 0.5) is 0 Å². The van der Waals surface area contributed by atoms with Crippen LogP contribution in [-0.4, -0.2) is 31.1 Å². The van der Waals surface area contributed by atoms with Crippen molar-refractivity contribution in [2.75, 3.05) is 20.1 Å². The van der Waals surface area contributed by atoms with Crippen LogP contribution in [0.2, 0.25) is 0 Å². The summed E-state index contributed by atoms with van der Waals surface area (Å²) >= 11 is 1.95. The zero-order valence-electron chi connectivity index (χ0n) is 11.7. The van der Waals surface area contributed by atoms with E-state index in [2.05, 4.69) is 54.5 Å². The first-order chi connectivity index (χ1) is 9.29. The number of thiophene rings is 1. The highest BCUT2D eigenvalue weighted by Gasteiger charge is 2.29. The third-order valence-electron chi connectivity index (χ3n) is 4.22. The van der Waals surface area contributed by atoms with Crippen LogP contribution in [0.5, 0.6) is 0 Å². The molecule has 0 aliphatic carbocycles. The van der Waals surface area contributed by atoms with E-state index < -0.39 is 0 Å². The Morgan fingerprint density at radius 1 is 1.42 bits per heavy atom. The third kappa shape index (κ3) is 2.55. The number of hydrogen-bond donors (Lipinski definition) is 1. The van der Waals surface area contributed by atoms with Gasteiger partial charge < -0.3 is 5.32 Å². The molecule has 0 spiro atoms. The van der Waals surface area contributed by atoms with Crippen LogP contribution in [0.25, 0.3) is 10.1 Å². The molecule has 2 nitrogen and oxygen atoms in total. The van der Waals surface area contributed by atoms with Gasteiger partial charge in [0.15, 0.2) is 0 Å². The van der Waals surface area contributed by atoms with Crippen LogP contribution in [-0.2, 0) is 0 Å². The summed E-state index contributed by atoms with van der Waals surface area (Å²) in [6.45, 7) is 4.70. The molecular formula is C16H22N2S. The Morgan fingerprint density at radius 3 is 3.05 bits per heavy atom. The van der Waals surface area contributed by atoms with Gasteiger partial charge in [0.1, 0.15) is 0 Å². The monoisotopic (exact) mass is 274 g/mol. The zero-order chi connectivity index (χ0) is 13.2. The lowest BCUT2D eigenvalue weighted by Crippen LogP contribution is -2.38. The average molecular weight is 274 g/mol. The molecule has 2 aromatic rings. The molecule has 1 N–H and O–H groups in total. The van der Waals surface area contributed by atoms with E-state index in [4.69, 9.17) is 0 Å². The standard InChI is InChI=1S/C16H22N2S/c1-12(18-9-5-7-14(18)11-17-2)16-10-13-6-3-4-8-15(13)19-16/h3-4,6,8,10,12,14,17H,5,7,9,11H2,1-2H3. The Morgan fingerprint density at radius 2 is 2.26 bits per heavy atom. The van der Waals surface area contributed by atoms with Crippen molar-refractivity contribution in [2.45, 2.75) is 31.8 Å². The molecule has 3 rings (SSSR count). The van der Waals surface area contributed by atoms with Gasteiger partial charge in [0, 0.05) is 28.2 Å². The summed E-state index contributed by atoms with van der Waals surface area (Å²) in [7, 11) is 2.06. The van der Waals surface area contributed by atoms with Gasteiger partial charge in [-0.1, -0.05) is 18.2 Å². The number of fused-ring (bicyclic) bond motifs is 1. The van der Waals surface area contributed by atoms with Gasteiger partial charge in [0.2, 0.25) is 0 Å². The van der Waals surface area contributed by atoms with Crippen molar-refractivity contribution in [2.24, 2.45) is 0 Å². The Bertz CT molecular complexity index is 515. The van der Waals surface area contributed by atoms with Crippen LogP contribution >= 0.6 is 11.3 Å². The number of rotatable bonds is 4. The van der Waals surface area contributed by atoms with Crippen LogP contribution in [0.1, 0.15) is 30.7 Å². The molecule has 1 aliphatic rings. The van der Waals surface area contributed by atoms with Gasteiger partial charge >= 0.3 is 0 Å². The largest absolute Gasteiger partial charge is 0.318 e. The van der Waals surface area contributed by atoms with Crippen molar-refractivity contribution in [3.05, 3.63) is 35.2 Å². The van der Waals surface area contributed by atoms with Crippen molar-refractivity contribution < 1.29 is 0 Å². The highest BCUT2D eigenvalue weighted by Crippen LogP contribution is 2.35. The van der Waals surface area contributed by atoms with E-state index in [0.717, 1.165) is 6.54 Å².